The van der Waals surface area contributed by atoms with Gasteiger partial charge in [-0.2, -0.15) is 0 Å². The Bertz CT molecular complexity index is 680. The number of hydrogen-bond donors (Lipinski definition) is 0. The maximum absolute atomic E-state index is 11.5. The van der Waals surface area contributed by atoms with E-state index in [0.717, 1.165) is 5.56 Å². The van der Waals surface area contributed by atoms with Gasteiger partial charge in [0.25, 0.3) is 5.69 Å². The third-order valence-corrected chi connectivity index (χ3v) is 2.85. The van der Waals surface area contributed by atoms with Crippen molar-refractivity contribution >= 4 is 17.7 Å². The van der Waals surface area contributed by atoms with Gasteiger partial charge < -0.3 is 9.47 Å². The van der Waals surface area contributed by atoms with Gasteiger partial charge in [-0.1, -0.05) is 36.4 Å². The minimum Gasteiger partial charge on any atom is -0.482 e. The molecule has 2 aromatic rings. The van der Waals surface area contributed by atoms with Crippen LogP contribution in [0.5, 0.6) is 5.75 Å². The van der Waals surface area contributed by atoms with E-state index in [1.165, 1.54) is 24.3 Å². The van der Waals surface area contributed by atoms with Crippen molar-refractivity contribution in [2.45, 2.75) is 0 Å². The second-order valence-corrected chi connectivity index (χ2v) is 4.54. The topological polar surface area (TPSA) is 78.7 Å². The number of hydrogen-bond acceptors (Lipinski definition) is 5. The number of carbonyl (C=O) groups is 1. The number of nitro groups is 1. The minimum absolute atomic E-state index is 0.0361. The minimum atomic E-state index is -0.513. The normalized spacial score (nSPS) is 10.4. The number of ether oxygens (including phenoxy) is 2. The zero-order valence-electron chi connectivity index (χ0n) is 12.3. The van der Waals surface area contributed by atoms with Gasteiger partial charge in [-0.15, -0.1) is 0 Å². The summed E-state index contributed by atoms with van der Waals surface area (Å²) in [6.45, 7) is -0.103. The second-order valence-electron chi connectivity index (χ2n) is 4.54. The zero-order chi connectivity index (χ0) is 16.5. The molecule has 118 valence electrons. The Kier molecular flexibility index (Phi) is 5.88. The molecule has 0 aliphatic carbocycles. The molecule has 0 bridgehead atoms. The first-order valence-corrected chi connectivity index (χ1v) is 6.89. The van der Waals surface area contributed by atoms with E-state index in [-0.39, 0.29) is 18.9 Å². The van der Waals surface area contributed by atoms with Crippen LogP contribution < -0.4 is 4.74 Å². The fraction of sp³-hybridized carbons (Fsp3) is 0.118. The van der Waals surface area contributed by atoms with Crippen LogP contribution in [-0.2, 0) is 9.53 Å². The van der Waals surface area contributed by atoms with E-state index in [4.69, 9.17) is 9.47 Å². The first-order chi connectivity index (χ1) is 11.1. The number of esters is 1. The number of nitrogens with zero attached hydrogens (tertiary/aromatic N) is 1. The van der Waals surface area contributed by atoms with Crippen LogP contribution in [0.25, 0.3) is 6.08 Å². The summed E-state index contributed by atoms with van der Waals surface area (Å²) >= 11 is 0. The number of carbonyl (C=O) groups excluding carboxylic acids is 1. The van der Waals surface area contributed by atoms with Gasteiger partial charge in [-0.25, -0.2) is 4.79 Å². The highest BCUT2D eigenvalue weighted by Crippen LogP contribution is 2.17. The van der Waals surface area contributed by atoms with E-state index >= 15 is 0 Å². The van der Waals surface area contributed by atoms with Gasteiger partial charge in [0.15, 0.2) is 6.61 Å². The van der Waals surface area contributed by atoms with Crippen molar-refractivity contribution < 1.29 is 19.2 Å². The molecule has 2 aromatic carbocycles. The van der Waals surface area contributed by atoms with Crippen LogP contribution in [-0.4, -0.2) is 24.1 Å². The molecule has 6 heteroatoms. The van der Waals surface area contributed by atoms with Gasteiger partial charge in [-0.3, -0.25) is 10.1 Å². The third-order valence-electron chi connectivity index (χ3n) is 2.85. The molecule has 0 fully saturated rings. The van der Waals surface area contributed by atoms with Crippen LogP contribution in [0.1, 0.15) is 5.56 Å². The molecule has 0 amide bonds. The Morgan fingerprint density at radius 1 is 1.09 bits per heavy atom. The van der Waals surface area contributed by atoms with Gasteiger partial charge >= 0.3 is 5.97 Å². The van der Waals surface area contributed by atoms with E-state index < -0.39 is 10.9 Å². The van der Waals surface area contributed by atoms with Crippen LogP contribution in [0.4, 0.5) is 5.69 Å². The molecule has 23 heavy (non-hydrogen) atoms. The summed E-state index contributed by atoms with van der Waals surface area (Å²) in [5, 5.41) is 10.5. The average Bonchev–Trinajstić information content (AvgIpc) is 2.58. The predicted molar refractivity (Wildman–Crippen MR) is 85.0 cm³/mol. The first kappa shape index (κ1) is 16.2. The Morgan fingerprint density at radius 3 is 2.43 bits per heavy atom. The monoisotopic (exact) mass is 313 g/mol. The maximum atomic E-state index is 11.5. The average molecular weight is 313 g/mol. The summed E-state index contributed by atoms with van der Waals surface area (Å²) in [4.78, 5) is 21.5. The highest BCUT2D eigenvalue weighted by molar-refractivity contribution is 5.71. The van der Waals surface area contributed by atoms with Gasteiger partial charge in [0.05, 0.1) is 4.92 Å². The fourth-order valence-electron chi connectivity index (χ4n) is 1.74. The number of non-ortho nitro benzene ring substituents is 1. The van der Waals surface area contributed by atoms with Crippen LogP contribution in [0, 0.1) is 10.1 Å². The lowest BCUT2D eigenvalue weighted by Gasteiger charge is -2.05. The number of benzene rings is 2. The van der Waals surface area contributed by atoms with Gasteiger partial charge in [0, 0.05) is 12.1 Å². The Balaban J connectivity index is 1.70. The van der Waals surface area contributed by atoms with Crippen molar-refractivity contribution in [3.8, 4) is 5.75 Å². The SMILES string of the molecule is O=C(COc1ccc([N+](=O)[O-])cc1)OC/C=C/c1ccccc1. The van der Waals surface area contributed by atoms with Crippen molar-refractivity contribution in [3.05, 3.63) is 76.4 Å². The van der Waals surface area contributed by atoms with Crippen LogP contribution in [0.15, 0.2) is 60.7 Å². The highest BCUT2D eigenvalue weighted by Gasteiger charge is 2.06. The van der Waals surface area contributed by atoms with Crippen molar-refractivity contribution in [1.82, 2.24) is 0 Å². The van der Waals surface area contributed by atoms with E-state index in [1.807, 2.05) is 36.4 Å². The predicted octanol–water partition coefficient (Wildman–Crippen LogP) is 3.23. The summed E-state index contributed by atoms with van der Waals surface area (Å²) in [7, 11) is 0. The lowest BCUT2D eigenvalue weighted by Crippen LogP contribution is -2.14. The molecule has 0 N–H and O–H groups in total. The Hall–Kier alpha value is -3.15. The summed E-state index contributed by atoms with van der Waals surface area (Å²) in [5.41, 5.74) is 0.983. The van der Waals surface area contributed by atoms with E-state index in [2.05, 4.69) is 0 Å². The summed E-state index contributed by atoms with van der Waals surface area (Å²) in [6, 6.07) is 15.1. The third kappa shape index (κ3) is 5.62. The van der Waals surface area contributed by atoms with Crippen LogP contribution in [0.2, 0.25) is 0 Å². The highest BCUT2D eigenvalue weighted by atomic mass is 16.6. The van der Waals surface area contributed by atoms with E-state index in [1.54, 1.807) is 6.08 Å². The Morgan fingerprint density at radius 2 is 1.78 bits per heavy atom. The van der Waals surface area contributed by atoms with Crippen molar-refractivity contribution in [2.75, 3.05) is 13.2 Å². The first-order valence-electron chi connectivity index (χ1n) is 6.89. The van der Waals surface area contributed by atoms with Crippen molar-refractivity contribution in [1.29, 1.82) is 0 Å². The summed E-state index contributed by atoms with van der Waals surface area (Å²) in [5.74, 6) is -0.145. The summed E-state index contributed by atoms with van der Waals surface area (Å²) < 4.78 is 10.2. The lowest BCUT2D eigenvalue weighted by molar-refractivity contribution is -0.384. The van der Waals surface area contributed by atoms with Gasteiger partial charge in [0.1, 0.15) is 12.4 Å². The fourth-order valence-corrected chi connectivity index (χ4v) is 1.74. The molecular formula is C17H15NO5. The smallest absolute Gasteiger partial charge is 0.344 e. The molecule has 0 spiro atoms. The molecule has 0 aliphatic rings. The lowest BCUT2D eigenvalue weighted by atomic mass is 10.2. The van der Waals surface area contributed by atoms with Crippen molar-refractivity contribution in [2.24, 2.45) is 0 Å². The molecule has 0 saturated heterocycles. The van der Waals surface area contributed by atoms with Crippen molar-refractivity contribution in [3.63, 3.8) is 0 Å². The van der Waals surface area contributed by atoms with Gasteiger partial charge in [0.2, 0.25) is 0 Å². The molecular weight excluding hydrogens is 298 g/mol. The number of nitro benzene ring substituents is 1. The maximum Gasteiger partial charge on any atom is 0.344 e. The largest absolute Gasteiger partial charge is 0.482 e. The molecule has 6 nitrogen and oxygen atoms in total. The molecule has 0 saturated carbocycles. The number of rotatable bonds is 7. The van der Waals surface area contributed by atoms with E-state index in [9.17, 15) is 14.9 Å². The standard InChI is InChI=1S/C17H15NO5/c19-17(22-12-4-7-14-5-2-1-3-6-14)13-23-16-10-8-15(9-11-16)18(20)21/h1-11H,12-13H2/b7-4+. The molecule has 0 radical (unpaired) electrons. The molecule has 0 aromatic heterocycles. The Labute approximate surface area is 133 Å². The molecule has 0 aliphatic heterocycles. The van der Waals surface area contributed by atoms with Crippen LogP contribution >= 0.6 is 0 Å². The summed E-state index contributed by atoms with van der Waals surface area (Å²) in [6.07, 6.45) is 3.59. The second kappa shape index (κ2) is 8.33. The molecule has 0 unspecified atom stereocenters. The quantitative estimate of drug-likeness (QED) is 0.445. The van der Waals surface area contributed by atoms with E-state index in [0.29, 0.717) is 5.75 Å². The molecule has 0 atom stereocenters. The van der Waals surface area contributed by atoms with Gasteiger partial charge in [-0.05, 0) is 23.8 Å². The zero-order valence-corrected chi connectivity index (χ0v) is 12.3. The van der Waals surface area contributed by atoms with Crippen LogP contribution in [0.3, 0.4) is 0 Å². The molecule has 0 heterocycles. The molecule has 2 rings (SSSR count).